The average Bonchev–Trinajstić information content (AvgIpc) is 2.56. The Morgan fingerprint density at radius 2 is 1.48 bits per heavy atom. The number of amides is 1. The van der Waals surface area contributed by atoms with E-state index in [9.17, 15) is 4.79 Å². The molecule has 0 unspecified atom stereocenters. The Hall–Kier alpha value is -3.81. The predicted molar refractivity (Wildman–Crippen MR) is 99.4 cm³/mol. The van der Waals surface area contributed by atoms with Gasteiger partial charge in [-0.1, -0.05) is 0 Å². The van der Waals surface area contributed by atoms with Crippen LogP contribution in [0.3, 0.4) is 0 Å². The molecule has 0 aliphatic heterocycles. The summed E-state index contributed by atoms with van der Waals surface area (Å²) in [6.45, 7) is 0. The summed E-state index contributed by atoms with van der Waals surface area (Å²) in [5.74, 6) is 0.618. The maximum atomic E-state index is 12.2. The lowest BCUT2D eigenvalue weighted by Gasteiger charge is -2.09. The van der Waals surface area contributed by atoms with Crippen LogP contribution in [0.25, 0.3) is 0 Å². The van der Waals surface area contributed by atoms with E-state index < -0.39 is 0 Å². The predicted octanol–water partition coefficient (Wildman–Crippen LogP) is 2.22. The molecule has 126 valence electrons. The first-order valence-corrected chi connectivity index (χ1v) is 7.43. The molecular weight excluding hydrogens is 318 g/mol. The van der Waals surface area contributed by atoms with E-state index in [1.165, 1.54) is 0 Å². The van der Waals surface area contributed by atoms with E-state index in [0.717, 1.165) is 5.69 Å². The zero-order chi connectivity index (χ0) is 17.8. The molecule has 3 rings (SSSR count). The third-order valence-electron chi connectivity index (χ3n) is 3.35. The van der Waals surface area contributed by atoms with Crippen molar-refractivity contribution in [2.75, 3.05) is 27.8 Å². The first-order chi connectivity index (χ1) is 12.0. The van der Waals surface area contributed by atoms with Gasteiger partial charge >= 0.3 is 0 Å². The Kier molecular flexibility index (Phi) is 4.34. The van der Waals surface area contributed by atoms with Gasteiger partial charge in [0, 0.05) is 28.7 Å². The number of anilines is 6. The molecular formula is C17H17N7O. The molecule has 0 atom stereocenters. The van der Waals surface area contributed by atoms with Gasteiger partial charge in [-0.25, -0.2) is 0 Å². The topological polar surface area (TPSA) is 145 Å². The number of aromatic nitrogens is 2. The number of carbonyl (C=O) groups excluding carboxylic acids is 1. The molecule has 2 aromatic carbocycles. The highest BCUT2D eigenvalue weighted by molar-refractivity contribution is 6.04. The summed E-state index contributed by atoms with van der Waals surface area (Å²) in [6, 6.07) is 15.4. The van der Waals surface area contributed by atoms with E-state index >= 15 is 0 Å². The van der Waals surface area contributed by atoms with Gasteiger partial charge in [-0.15, -0.1) is 0 Å². The highest BCUT2D eigenvalue weighted by Crippen LogP contribution is 2.18. The lowest BCUT2D eigenvalue weighted by molar-refractivity contribution is 0.102. The maximum absolute atomic E-state index is 12.2. The fourth-order valence-corrected chi connectivity index (χ4v) is 2.17. The number of hydrogen-bond donors (Lipinski definition) is 5. The van der Waals surface area contributed by atoms with E-state index in [-0.39, 0.29) is 17.7 Å². The van der Waals surface area contributed by atoms with Crippen LogP contribution in [-0.2, 0) is 0 Å². The molecule has 0 bridgehead atoms. The SMILES string of the molecule is Nc1ccc(NC(=O)c2ccc(Nc3cc(N)nc(N)n3)cc2)cc1. The summed E-state index contributed by atoms with van der Waals surface area (Å²) in [6.07, 6.45) is 0. The van der Waals surface area contributed by atoms with E-state index in [1.807, 2.05) is 0 Å². The molecule has 1 aromatic heterocycles. The molecule has 0 saturated carbocycles. The number of benzene rings is 2. The van der Waals surface area contributed by atoms with Crippen LogP contribution in [-0.4, -0.2) is 15.9 Å². The smallest absolute Gasteiger partial charge is 0.255 e. The van der Waals surface area contributed by atoms with Crippen molar-refractivity contribution in [1.82, 2.24) is 9.97 Å². The lowest BCUT2D eigenvalue weighted by Crippen LogP contribution is -2.11. The van der Waals surface area contributed by atoms with Crippen molar-refractivity contribution in [3.63, 3.8) is 0 Å². The van der Waals surface area contributed by atoms with Crippen molar-refractivity contribution in [1.29, 1.82) is 0 Å². The molecule has 8 heteroatoms. The first kappa shape index (κ1) is 16.1. The van der Waals surface area contributed by atoms with Gasteiger partial charge in [-0.05, 0) is 48.5 Å². The third-order valence-corrected chi connectivity index (χ3v) is 3.35. The van der Waals surface area contributed by atoms with Crippen molar-refractivity contribution in [3.05, 3.63) is 60.2 Å². The van der Waals surface area contributed by atoms with Crippen molar-refractivity contribution in [2.45, 2.75) is 0 Å². The second kappa shape index (κ2) is 6.75. The summed E-state index contributed by atoms with van der Waals surface area (Å²) in [5, 5.41) is 5.85. The van der Waals surface area contributed by atoms with E-state index in [2.05, 4.69) is 20.6 Å². The van der Waals surface area contributed by atoms with Crippen LogP contribution in [0.5, 0.6) is 0 Å². The monoisotopic (exact) mass is 335 g/mol. The van der Waals surface area contributed by atoms with Crippen molar-refractivity contribution < 1.29 is 4.79 Å². The number of carbonyl (C=O) groups is 1. The van der Waals surface area contributed by atoms with Crippen molar-refractivity contribution >= 4 is 40.6 Å². The molecule has 3 aromatic rings. The number of nitrogens with two attached hydrogens (primary N) is 3. The van der Waals surface area contributed by atoms with Gasteiger partial charge < -0.3 is 27.8 Å². The molecule has 0 aliphatic carbocycles. The first-order valence-electron chi connectivity index (χ1n) is 7.43. The normalized spacial score (nSPS) is 10.2. The molecule has 1 heterocycles. The van der Waals surface area contributed by atoms with Gasteiger partial charge in [0.15, 0.2) is 0 Å². The quantitative estimate of drug-likeness (QED) is 0.459. The third kappa shape index (κ3) is 4.14. The van der Waals surface area contributed by atoms with Gasteiger partial charge in [0.1, 0.15) is 11.6 Å². The second-order valence-electron chi connectivity index (χ2n) is 5.31. The van der Waals surface area contributed by atoms with Gasteiger partial charge in [0.25, 0.3) is 5.91 Å². The minimum Gasteiger partial charge on any atom is -0.399 e. The van der Waals surface area contributed by atoms with Gasteiger partial charge in [0.05, 0.1) is 0 Å². The molecule has 0 aliphatic rings. The number of nitrogens with one attached hydrogen (secondary N) is 2. The number of nitrogens with zero attached hydrogens (tertiary/aromatic N) is 2. The number of nitrogen functional groups attached to an aromatic ring is 3. The van der Waals surface area contributed by atoms with Gasteiger partial charge in [-0.3, -0.25) is 4.79 Å². The summed E-state index contributed by atoms with van der Waals surface area (Å²) in [4.78, 5) is 20.1. The van der Waals surface area contributed by atoms with Crippen molar-refractivity contribution in [2.24, 2.45) is 0 Å². The Balaban J connectivity index is 1.68. The zero-order valence-corrected chi connectivity index (χ0v) is 13.2. The van der Waals surface area contributed by atoms with Gasteiger partial charge in [0.2, 0.25) is 5.95 Å². The molecule has 0 fully saturated rings. The highest BCUT2D eigenvalue weighted by atomic mass is 16.1. The summed E-state index contributed by atoms with van der Waals surface area (Å²) in [5.41, 5.74) is 19.4. The standard InChI is InChI=1S/C17H17N7O/c18-11-3-7-13(8-4-11)22-16(25)10-1-5-12(6-2-10)21-15-9-14(19)23-17(20)24-15/h1-9H,18H2,(H,22,25)(H5,19,20,21,23,24). The Labute approximate surface area is 144 Å². The fourth-order valence-electron chi connectivity index (χ4n) is 2.17. The van der Waals surface area contributed by atoms with Crippen LogP contribution in [0, 0.1) is 0 Å². The number of rotatable bonds is 4. The second-order valence-corrected chi connectivity index (χ2v) is 5.31. The summed E-state index contributed by atoms with van der Waals surface area (Å²) >= 11 is 0. The van der Waals surface area contributed by atoms with Crippen LogP contribution in [0.2, 0.25) is 0 Å². The minimum atomic E-state index is -0.216. The molecule has 8 nitrogen and oxygen atoms in total. The van der Waals surface area contributed by atoms with Crippen LogP contribution >= 0.6 is 0 Å². The van der Waals surface area contributed by atoms with Crippen LogP contribution < -0.4 is 27.8 Å². The highest BCUT2D eigenvalue weighted by Gasteiger charge is 2.07. The van der Waals surface area contributed by atoms with Crippen molar-refractivity contribution in [3.8, 4) is 0 Å². The van der Waals surface area contributed by atoms with Crippen LogP contribution in [0.1, 0.15) is 10.4 Å². The maximum Gasteiger partial charge on any atom is 0.255 e. The Morgan fingerprint density at radius 3 is 2.12 bits per heavy atom. The minimum absolute atomic E-state index is 0.0852. The molecule has 25 heavy (non-hydrogen) atoms. The Morgan fingerprint density at radius 1 is 0.840 bits per heavy atom. The van der Waals surface area contributed by atoms with Crippen LogP contribution in [0.4, 0.5) is 34.6 Å². The molecule has 0 spiro atoms. The summed E-state index contributed by atoms with van der Waals surface area (Å²) in [7, 11) is 0. The largest absolute Gasteiger partial charge is 0.399 e. The summed E-state index contributed by atoms with van der Waals surface area (Å²) < 4.78 is 0. The fraction of sp³-hybridized carbons (Fsp3) is 0. The molecule has 8 N–H and O–H groups in total. The van der Waals surface area contributed by atoms with E-state index in [4.69, 9.17) is 17.2 Å². The average molecular weight is 335 g/mol. The lowest BCUT2D eigenvalue weighted by atomic mass is 10.2. The van der Waals surface area contributed by atoms with E-state index in [0.29, 0.717) is 22.8 Å². The molecule has 0 radical (unpaired) electrons. The molecule has 1 amide bonds. The van der Waals surface area contributed by atoms with E-state index in [1.54, 1.807) is 54.6 Å². The van der Waals surface area contributed by atoms with Crippen LogP contribution in [0.15, 0.2) is 54.6 Å². The number of hydrogen-bond acceptors (Lipinski definition) is 7. The Bertz CT molecular complexity index is 872. The zero-order valence-electron chi connectivity index (χ0n) is 13.2. The van der Waals surface area contributed by atoms with Gasteiger partial charge in [-0.2, -0.15) is 9.97 Å². The molecule has 0 saturated heterocycles.